The number of halogens is 1. The number of nitrogens with one attached hydrogen (secondary N) is 1. The van der Waals surface area contributed by atoms with Gasteiger partial charge in [0, 0.05) is 11.9 Å². The number of fused-ring (bicyclic) bond motifs is 1. The first-order chi connectivity index (χ1) is 9.83. The molecular formula is C16H20FNO3. The third-order valence-electron chi connectivity index (χ3n) is 3.98. The molecule has 2 aromatic rings. The Labute approximate surface area is 122 Å². The summed E-state index contributed by atoms with van der Waals surface area (Å²) >= 11 is 0. The lowest BCUT2D eigenvalue weighted by molar-refractivity contribution is 0.00571. The number of carbonyl (C=O) groups excluding carboxylic acids is 1. The molecular weight excluding hydrogens is 273 g/mol. The molecule has 1 amide bonds. The van der Waals surface area contributed by atoms with Gasteiger partial charge >= 0.3 is 0 Å². The number of furan rings is 1. The van der Waals surface area contributed by atoms with Gasteiger partial charge in [-0.2, -0.15) is 0 Å². The summed E-state index contributed by atoms with van der Waals surface area (Å²) in [5.74, 6) is -0.636. The number of hydrogen-bond acceptors (Lipinski definition) is 3. The molecule has 1 heterocycles. The molecule has 0 spiro atoms. The molecule has 5 heteroatoms. The Morgan fingerprint density at radius 2 is 2.19 bits per heavy atom. The van der Waals surface area contributed by atoms with Crippen molar-refractivity contribution in [1.29, 1.82) is 0 Å². The van der Waals surface area contributed by atoms with Crippen LogP contribution in [-0.4, -0.2) is 23.2 Å². The Kier molecular flexibility index (Phi) is 4.32. The monoisotopic (exact) mass is 293 g/mol. The van der Waals surface area contributed by atoms with Gasteiger partial charge in [-0.1, -0.05) is 20.3 Å². The van der Waals surface area contributed by atoms with Crippen molar-refractivity contribution in [1.82, 2.24) is 5.32 Å². The van der Waals surface area contributed by atoms with Crippen LogP contribution in [0.15, 0.2) is 28.7 Å². The standard InChI is InChI=1S/C16H20FNO3/c1-4-10(2)16(3,20)9-18-15(19)14-8-11-7-12(17)5-6-13(11)21-14/h5-8,10,20H,4,9H2,1-3H3,(H,18,19). The van der Waals surface area contributed by atoms with E-state index in [9.17, 15) is 14.3 Å². The topological polar surface area (TPSA) is 62.5 Å². The number of amides is 1. The highest BCUT2D eigenvalue weighted by atomic mass is 19.1. The summed E-state index contributed by atoms with van der Waals surface area (Å²) < 4.78 is 18.5. The largest absolute Gasteiger partial charge is 0.451 e. The SMILES string of the molecule is CCC(C)C(C)(O)CNC(=O)c1cc2cc(F)ccc2o1. The van der Waals surface area contributed by atoms with Gasteiger partial charge in [0.15, 0.2) is 5.76 Å². The average Bonchev–Trinajstić information content (AvgIpc) is 2.86. The molecule has 0 aliphatic carbocycles. The van der Waals surface area contributed by atoms with E-state index in [1.807, 2.05) is 13.8 Å². The van der Waals surface area contributed by atoms with E-state index in [0.29, 0.717) is 11.0 Å². The van der Waals surface area contributed by atoms with E-state index in [0.717, 1.165) is 6.42 Å². The first kappa shape index (κ1) is 15.5. The fourth-order valence-electron chi connectivity index (χ4n) is 2.09. The van der Waals surface area contributed by atoms with Crippen LogP contribution < -0.4 is 5.32 Å². The van der Waals surface area contributed by atoms with Crippen molar-refractivity contribution in [3.8, 4) is 0 Å². The third kappa shape index (κ3) is 3.42. The molecule has 2 rings (SSSR count). The Morgan fingerprint density at radius 3 is 2.86 bits per heavy atom. The lowest BCUT2D eigenvalue weighted by atomic mass is 9.88. The zero-order chi connectivity index (χ0) is 15.6. The lowest BCUT2D eigenvalue weighted by Crippen LogP contribution is -2.45. The zero-order valence-electron chi connectivity index (χ0n) is 12.4. The Hall–Kier alpha value is -1.88. The fourth-order valence-corrected chi connectivity index (χ4v) is 2.09. The second-order valence-corrected chi connectivity index (χ2v) is 5.64. The molecule has 0 aliphatic heterocycles. The first-order valence-corrected chi connectivity index (χ1v) is 7.03. The third-order valence-corrected chi connectivity index (χ3v) is 3.98. The van der Waals surface area contributed by atoms with Gasteiger partial charge in [-0.05, 0) is 37.1 Å². The molecule has 0 saturated heterocycles. The van der Waals surface area contributed by atoms with E-state index in [-0.39, 0.29) is 24.0 Å². The molecule has 2 unspecified atom stereocenters. The Balaban J connectivity index is 2.09. The molecule has 2 atom stereocenters. The van der Waals surface area contributed by atoms with Crippen LogP contribution in [0.3, 0.4) is 0 Å². The summed E-state index contributed by atoms with van der Waals surface area (Å²) in [6.45, 7) is 5.73. The Bertz CT molecular complexity index is 648. The summed E-state index contributed by atoms with van der Waals surface area (Å²) in [5.41, 5.74) is -0.530. The molecule has 114 valence electrons. The second kappa shape index (κ2) is 5.85. The summed E-state index contributed by atoms with van der Waals surface area (Å²) in [6, 6.07) is 5.56. The first-order valence-electron chi connectivity index (χ1n) is 7.03. The molecule has 0 radical (unpaired) electrons. The summed E-state index contributed by atoms with van der Waals surface area (Å²) in [7, 11) is 0. The molecule has 1 aromatic heterocycles. The van der Waals surface area contributed by atoms with Crippen LogP contribution in [0.25, 0.3) is 11.0 Å². The summed E-state index contributed by atoms with van der Waals surface area (Å²) in [5, 5.41) is 13.4. The second-order valence-electron chi connectivity index (χ2n) is 5.64. The van der Waals surface area contributed by atoms with Gasteiger partial charge in [-0.25, -0.2) is 4.39 Å². The van der Waals surface area contributed by atoms with Gasteiger partial charge in [-0.3, -0.25) is 4.79 Å². The summed E-state index contributed by atoms with van der Waals surface area (Å²) in [4.78, 5) is 12.0. The quantitative estimate of drug-likeness (QED) is 0.890. The van der Waals surface area contributed by atoms with Gasteiger partial charge in [0.1, 0.15) is 11.4 Å². The lowest BCUT2D eigenvalue weighted by Gasteiger charge is -2.29. The zero-order valence-corrected chi connectivity index (χ0v) is 12.4. The number of benzene rings is 1. The van der Waals surface area contributed by atoms with E-state index < -0.39 is 11.5 Å². The maximum atomic E-state index is 13.1. The highest BCUT2D eigenvalue weighted by Crippen LogP contribution is 2.21. The van der Waals surface area contributed by atoms with Crippen molar-refractivity contribution in [2.45, 2.75) is 32.8 Å². The van der Waals surface area contributed by atoms with E-state index in [4.69, 9.17) is 4.42 Å². The number of hydrogen-bond donors (Lipinski definition) is 2. The van der Waals surface area contributed by atoms with Gasteiger partial charge in [0.2, 0.25) is 0 Å². The maximum Gasteiger partial charge on any atom is 0.287 e. The number of rotatable bonds is 5. The molecule has 21 heavy (non-hydrogen) atoms. The van der Waals surface area contributed by atoms with Crippen molar-refractivity contribution >= 4 is 16.9 Å². The van der Waals surface area contributed by atoms with Gasteiger partial charge < -0.3 is 14.8 Å². The number of aliphatic hydroxyl groups is 1. The molecule has 2 N–H and O–H groups in total. The van der Waals surface area contributed by atoms with Crippen LogP contribution in [0, 0.1) is 11.7 Å². The van der Waals surface area contributed by atoms with E-state index in [2.05, 4.69) is 5.32 Å². The highest BCUT2D eigenvalue weighted by Gasteiger charge is 2.28. The minimum Gasteiger partial charge on any atom is -0.451 e. The van der Waals surface area contributed by atoms with Crippen molar-refractivity contribution in [3.63, 3.8) is 0 Å². The molecule has 0 aliphatic rings. The normalized spacial score (nSPS) is 15.7. The predicted octanol–water partition coefficient (Wildman–Crippen LogP) is 3.10. The van der Waals surface area contributed by atoms with Gasteiger partial charge in [-0.15, -0.1) is 0 Å². The highest BCUT2D eigenvalue weighted by molar-refractivity contribution is 5.96. The molecule has 1 aromatic carbocycles. The summed E-state index contributed by atoms with van der Waals surface area (Å²) in [6.07, 6.45) is 0.812. The van der Waals surface area contributed by atoms with Crippen LogP contribution in [0.5, 0.6) is 0 Å². The van der Waals surface area contributed by atoms with Gasteiger partial charge in [0.25, 0.3) is 5.91 Å². The van der Waals surface area contributed by atoms with Crippen molar-refractivity contribution in [3.05, 3.63) is 35.8 Å². The minimum absolute atomic E-state index is 0.0579. The predicted molar refractivity (Wildman–Crippen MR) is 78.6 cm³/mol. The van der Waals surface area contributed by atoms with Crippen molar-refractivity contribution in [2.75, 3.05) is 6.54 Å². The molecule has 0 bridgehead atoms. The van der Waals surface area contributed by atoms with Crippen LogP contribution >= 0.6 is 0 Å². The van der Waals surface area contributed by atoms with E-state index in [1.54, 1.807) is 6.92 Å². The van der Waals surface area contributed by atoms with Crippen LogP contribution in [-0.2, 0) is 0 Å². The van der Waals surface area contributed by atoms with Crippen molar-refractivity contribution in [2.24, 2.45) is 5.92 Å². The fraction of sp³-hybridized carbons (Fsp3) is 0.438. The van der Waals surface area contributed by atoms with Crippen molar-refractivity contribution < 1.29 is 18.7 Å². The Morgan fingerprint density at radius 1 is 1.48 bits per heavy atom. The molecule has 0 fully saturated rings. The smallest absolute Gasteiger partial charge is 0.287 e. The van der Waals surface area contributed by atoms with E-state index in [1.165, 1.54) is 24.3 Å². The van der Waals surface area contributed by atoms with Gasteiger partial charge in [0.05, 0.1) is 5.60 Å². The van der Waals surface area contributed by atoms with E-state index >= 15 is 0 Å². The average molecular weight is 293 g/mol. The van der Waals surface area contributed by atoms with Crippen LogP contribution in [0.1, 0.15) is 37.7 Å². The van der Waals surface area contributed by atoms with Crippen LogP contribution in [0.4, 0.5) is 4.39 Å². The minimum atomic E-state index is -0.984. The molecule has 0 saturated carbocycles. The van der Waals surface area contributed by atoms with Crippen LogP contribution in [0.2, 0.25) is 0 Å². The molecule has 4 nitrogen and oxygen atoms in total. The maximum absolute atomic E-state index is 13.1. The number of carbonyl (C=O) groups is 1.